The molecule has 8 nitrogen and oxygen atoms in total. The summed E-state index contributed by atoms with van der Waals surface area (Å²) in [5.41, 5.74) is -1.59. The van der Waals surface area contributed by atoms with Crippen molar-refractivity contribution in [2.45, 2.75) is 83.3 Å². The molecule has 1 aliphatic heterocycles. The van der Waals surface area contributed by atoms with E-state index in [-0.39, 0.29) is 39.0 Å². The summed E-state index contributed by atoms with van der Waals surface area (Å²) >= 11 is 12.4. The summed E-state index contributed by atoms with van der Waals surface area (Å²) in [6.45, 7) is 13.4. The number of alkyl halides is 3. The van der Waals surface area contributed by atoms with Crippen molar-refractivity contribution < 1.29 is 22.4 Å². The molecule has 0 aromatic carbocycles. The highest BCUT2D eigenvalue weighted by Gasteiger charge is 2.60. The number of anilines is 2. The van der Waals surface area contributed by atoms with E-state index in [0.717, 1.165) is 16.3 Å². The number of amides is 2. The summed E-state index contributed by atoms with van der Waals surface area (Å²) in [4.78, 5) is 22.8. The highest BCUT2D eigenvalue weighted by atomic mass is 35.5. The van der Waals surface area contributed by atoms with Gasteiger partial charge in [-0.05, 0) is 50.9 Å². The van der Waals surface area contributed by atoms with E-state index in [0.29, 0.717) is 23.6 Å². The molecule has 0 aliphatic carbocycles. The first kappa shape index (κ1) is 30.5. The molecular weight excluding hydrogens is 584 g/mol. The Kier molecular flexibility index (Phi) is 7.98. The lowest BCUT2D eigenvalue weighted by Crippen LogP contribution is -2.46. The lowest BCUT2D eigenvalue weighted by molar-refractivity contribution is -0.181. The van der Waals surface area contributed by atoms with E-state index in [1.807, 2.05) is 6.92 Å². The fourth-order valence-corrected chi connectivity index (χ4v) is 6.39. The molecule has 2 atom stereocenters. The molecule has 0 saturated heterocycles. The third-order valence-corrected chi connectivity index (χ3v) is 13.0. The number of aromatic nitrogens is 4. The Hall–Kier alpha value is -2.41. The Morgan fingerprint density at radius 3 is 2.48 bits per heavy atom. The van der Waals surface area contributed by atoms with Gasteiger partial charge in [0.2, 0.25) is 0 Å². The average Bonchev–Trinajstić information content (AvgIpc) is 3.34. The molecule has 218 valence electrons. The van der Waals surface area contributed by atoms with Crippen molar-refractivity contribution in [1.82, 2.24) is 19.6 Å². The van der Waals surface area contributed by atoms with E-state index < -0.39 is 32.5 Å². The first-order chi connectivity index (χ1) is 18.3. The molecule has 1 N–H and O–H groups in total. The van der Waals surface area contributed by atoms with Gasteiger partial charge in [0.1, 0.15) is 5.41 Å². The van der Waals surface area contributed by atoms with Crippen LogP contribution in [0.3, 0.4) is 0 Å². The molecule has 3 aromatic heterocycles. The standard InChI is InChI=1S/C26H33Cl2F3N6O2Si/c1-15(39-40(6,7)24(2,3)4)8-9-18-17(27)10-16(12-32-18)34-23(38)36-14-25(5,26(29,30)31)22-19(36)13-33-21-11-20(28)35-37(21)22/h10-13,15H,8-9,14H2,1-7H3,(H,34,38)/t15?,25-/m1/s1. The number of rotatable bonds is 6. The number of halogens is 5. The summed E-state index contributed by atoms with van der Waals surface area (Å²) < 4.78 is 50.4. The van der Waals surface area contributed by atoms with Gasteiger partial charge < -0.3 is 9.74 Å². The van der Waals surface area contributed by atoms with Crippen LogP contribution >= 0.6 is 23.2 Å². The summed E-state index contributed by atoms with van der Waals surface area (Å²) in [7, 11) is -1.91. The van der Waals surface area contributed by atoms with Crippen LogP contribution in [0.25, 0.3) is 5.65 Å². The van der Waals surface area contributed by atoms with Gasteiger partial charge in [-0.2, -0.15) is 18.3 Å². The van der Waals surface area contributed by atoms with Crippen LogP contribution in [0.5, 0.6) is 0 Å². The summed E-state index contributed by atoms with van der Waals surface area (Å²) in [5, 5.41) is 7.03. The third kappa shape index (κ3) is 5.68. The number of hydrogen-bond acceptors (Lipinski definition) is 5. The van der Waals surface area contributed by atoms with Crippen molar-refractivity contribution in [3.05, 3.63) is 46.1 Å². The number of aryl methyl sites for hydroxylation is 1. The van der Waals surface area contributed by atoms with E-state index in [4.69, 9.17) is 27.6 Å². The van der Waals surface area contributed by atoms with Gasteiger partial charge in [0.05, 0.1) is 40.2 Å². The molecule has 0 radical (unpaired) electrons. The minimum Gasteiger partial charge on any atom is -0.414 e. The van der Waals surface area contributed by atoms with Crippen LogP contribution in [0.4, 0.5) is 29.3 Å². The van der Waals surface area contributed by atoms with Gasteiger partial charge >= 0.3 is 12.2 Å². The Morgan fingerprint density at radius 1 is 1.20 bits per heavy atom. The first-order valence-corrected chi connectivity index (χ1v) is 16.5. The number of hydrogen-bond donors (Lipinski definition) is 1. The van der Waals surface area contributed by atoms with Crippen LogP contribution < -0.4 is 10.2 Å². The molecule has 3 aromatic rings. The fourth-order valence-electron chi connectivity index (χ4n) is 4.48. The molecule has 1 unspecified atom stereocenters. The average molecular weight is 618 g/mol. The monoisotopic (exact) mass is 616 g/mol. The minimum absolute atomic E-state index is 0.00456. The molecule has 0 spiro atoms. The molecular formula is C26H33Cl2F3N6O2Si. The zero-order chi connectivity index (χ0) is 29.8. The summed E-state index contributed by atoms with van der Waals surface area (Å²) in [6, 6.07) is 2.11. The largest absolute Gasteiger partial charge is 0.414 e. The topological polar surface area (TPSA) is 84.7 Å². The van der Waals surface area contributed by atoms with Gasteiger partial charge in [0.25, 0.3) is 0 Å². The quantitative estimate of drug-likeness (QED) is 0.288. The normalized spacial score (nSPS) is 18.8. The van der Waals surface area contributed by atoms with Gasteiger partial charge in [0, 0.05) is 18.7 Å². The Labute approximate surface area is 242 Å². The Balaban J connectivity index is 1.50. The van der Waals surface area contributed by atoms with Gasteiger partial charge in [-0.1, -0.05) is 44.0 Å². The zero-order valence-corrected chi connectivity index (χ0v) is 26.0. The maximum absolute atomic E-state index is 14.3. The van der Waals surface area contributed by atoms with Crippen LogP contribution in [0.2, 0.25) is 28.3 Å². The van der Waals surface area contributed by atoms with E-state index in [9.17, 15) is 18.0 Å². The summed E-state index contributed by atoms with van der Waals surface area (Å²) in [6.07, 6.45) is -0.721. The molecule has 4 heterocycles. The molecule has 40 heavy (non-hydrogen) atoms. The van der Waals surface area contributed by atoms with Crippen molar-refractivity contribution in [2.24, 2.45) is 0 Å². The number of carbonyl (C=O) groups excluding carboxylic acids is 1. The number of carbonyl (C=O) groups is 1. The molecule has 4 rings (SSSR count). The Bertz CT molecular complexity index is 1440. The van der Waals surface area contributed by atoms with Crippen LogP contribution in [-0.2, 0) is 16.3 Å². The van der Waals surface area contributed by atoms with Crippen molar-refractivity contribution in [3.63, 3.8) is 0 Å². The SMILES string of the molecule is CC(CCc1ncc(NC(=O)N2C[C@@](C)(C(F)(F)F)c3c2cnc2cc(Cl)nn32)cc1Cl)O[Si](C)(C)C(C)(C)C. The number of urea groups is 1. The van der Waals surface area contributed by atoms with E-state index in [2.05, 4.69) is 54.2 Å². The highest BCUT2D eigenvalue weighted by molar-refractivity contribution is 6.74. The first-order valence-electron chi connectivity index (χ1n) is 12.9. The minimum atomic E-state index is -4.68. The molecule has 1 aliphatic rings. The highest BCUT2D eigenvalue weighted by Crippen LogP contribution is 2.50. The van der Waals surface area contributed by atoms with Gasteiger partial charge in [-0.25, -0.2) is 14.3 Å². The van der Waals surface area contributed by atoms with Crippen molar-refractivity contribution in [2.75, 3.05) is 16.8 Å². The second-order valence-corrected chi connectivity index (χ2v) is 17.5. The second-order valence-electron chi connectivity index (χ2n) is 12.0. The zero-order valence-electron chi connectivity index (χ0n) is 23.5. The smallest absolute Gasteiger partial charge is 0.401 e. The van der Waals surface area contributed by atoms with Gasteiger partial charge in [0.15, 0.2) is 19.1 Å². The molecule has 2 amide bonds. The maximum Gasteiger partial charge on any atom is 0.401 e. The third-order valence-electron chi connectivity index (χ3n) is 7.85. The number of pyridine rings is 1. The van der Waals surface area contributed by atoms with Gasteiger partial charge in [-0.15, -0.1) is 0 Å². The maximum atomic E-state index is 14.3. The molecule has 0 bridgehead atoms. The predicted molar refractivity (Wildman–Crippen MR) is 153 cm³/mol. The van der Waals surface area contributed by atoms with E-state index >= 15 is 0 Å². The lowest BCUT2D eigenvalue weighted by atomic mass is 9.88. The van der Waals surface area contributed by atoms with Crippen molar-refractivity contribution in [1.29, 1.82) is 0 Å². The fraction of sp³-hybridized carbons (Fsp3) is 0.538. The summed E-state index contributed by atoms with van der Waals surface area (Å²) in [5.74, 6) is 0. The predicted octanol–water partition coefficient (Wildman–Crippen LogP) is 7.65. The second kappa shape index (κ2) is 10.5. The van der Waals surface area contributed by atoms with Crippen LogP contribution in [0.15, 0.2) is 24.5 Å². The number of fused-ring (bicyclic) bond motifs is 3. The van der Waals surface area contributed by atoms with Crippen LogP contribution in [0.1, 0.15) is 52.4 Å². The van der Waals surface area contributed by atoms with Crippen molar-refractivity contribution >= 4 is 54.6 Å². The molecule has 0 saturated carbocycles. The van der Waals surface area contributed by atoms with E-state index in [1.54, 1.807) is 0 Å². The molecule has 0 fully saturated rings. The Morgan fingerprint density at radius 2 is 1.88 bits per heavy atom. The van der Waals surface area contributed by atoms with Crippen LogP contribution in [0, 0.1) is 0 Å². The van der Waals surface area contributed by atoms with Gasteiger partial charge in [-0.3, -0.25) is 9.88 Å². The number of nitrogens with one attached hydrogen (secondary N) is 1. The van der Waals surface area contributed by atoms with E-state index in [1.165, 1.54) is 24.5 Å². The lowest BCUT2D eigenvalue weighted by Gasteiger charge is -2.38. The number of nitrogens with zero attached hydrogens (tertiary/aromatic N) is 5. The van der Waals surface area contributed by atoms with Crippen molar-refractivity contribution in [3.8, 4) is 0 Å². The molecule has 14 heteroatoms. The van der Waals surface area contributed by atoms with Crippen LogP contribution in [-0.4, -0.2) is 52.8 Å².